The van der Waals surface area contributed by atoms with Crippen molar-refractivity contribution in [3.05, 3.63) is 30.1 Å². The smallest absolute Gasteiger partial charge is 0.126 e. The first-order valence-electron chi connectivity index (χ1n) is 7.78. The minimum absolute atomic E-state index is 0.0792. The van der Waals surface area contributed by atoms with Crippen molar-refractivity contribution in [2.75, 3.05) is 0 Å². The van der Waals surface area contributed by atoms with Gasteiger partial charge in [-0.05, 0) is 44.7 Å². The van der Waals surface area contributed by atoms with Crippen molar-refractivity contribution >= 4 is 11.0 Å². The zero-order valence-electron chi connectivity index (χ0n) is 14.5. The molecule has 0 amide bonds. The fraction of sp³-hybridized carbons (Fsp3) is 0.611. The Hall–Kier alpha value is -1.35. The van der Waals surface area contributed by atoms with E-state index >= 15 is 0 Å². The highest BCUT2D eigenvalue weighted by molar-refractivity contribution is 5.75. The van der Waals surface area contributed by atoms with Gasteiger partial charge >= 0.3 is 0 Å². The average Bonchev–Trinajstić information content (AvgIpc) is 2.64. The Morgan fingerprint density at radius 3 is 2.33 bits per heavy atom. The van der Waals surface area contributed by atoms with Gasteiger partial charge in [0.25, 0.3) is 0 Å². The van der Waals surface area contributed by atoms with Crippen LogP contribution in [0.25, 0.3) is 11.0 Å². The molecule has 0 radical (unpaired) electrons. The number of imidazole rings is 1. The number of aryl methyl sites for hydroxylation is 1. The van der Waals surface area contributed by atoms with Crippen molar-refractivity contribution in [3.8, 4) is 0 Å². The van der Waals surface area contributed by atoms with Crippen molar-refractivity contribution in [2.45, 2.75) is 59.5 Å². The van der Waals surface area contributed by atoms with Crippen LogP contribution in [0.2, 0.25) is 0 Å². The van der Waals surface area contributed by atoms with Gasteiger partial charge in [0.15, 0.2) is 0 Å². The van der Waals surface area contributed by atoms with Crippen LogP contribution in [0.4, 0.5) is 0 Å². The molecule has 0 bridgehead atoms. The molecule has 0 spiro atoms. The van der Waals surface area contributed by atoms with Gasteiger partial charge in [0, 0.05) is 12.6 Å². The minimum Gasteiger partial charge on any atom is -0.330 e. The van der Waals surface area contributed by atoms with E-state index in [1.54, 1.807) is 0 Å². The first kappa shape index (κ1) is 16.0. The zero-order chi connectivity index (χ0) is 15.8. The molecular weight excluding hydrogens is 258 g/mol. The van der Waals surface area contributed by atoms with Crippen LogP contribution in [-0.4, -0.2) is 15.1 Å². The second kappa shape index (κ2) is 5.45. The van der Waals surface area contributed by atoms with Gasteiger partial charge in [0.2, 0.25) is 0 Å². The van der Waals surface area contributed by atoms with E-state index in [0.29, 0.717) is 5.41 Å². The topological polar surface area (TPSA) is 29.9 Å². The maximum atomic E-state index is 4.79. The first-order valence-corrected chi connectivity index (χ1v) is 7.78. The van der Waals surface area contributed by atoms with E-state index in [1.165, 1.54) is 5.52 Å². The van der Waals surface area contributed by atoms with Crippen LogP contribution in [0, 0.1) is 5.41 Å². The SMILES string of the molecule is CC(NC(C)(C)CC(C)(C)C)c1nc2ccccc2n1C. The van der Waals surface area contributed by atoms with Gasteiger partial charge < -0.3 is 9.88 Å². The van der Waals surface area contributed by atoms with Gasteiger partial charge in [-0.15, -0.1) is 0 Å². The number of benzene rings is 1. The number of nitrogens with zero attached hydrogens (tertiary/aromatic N) is 2. The third-order valence-electron chi connectivity index (χ3n) is 3.79. The highest BCUT2D eigenvalue weighted by atomic mass is 15.1. The molecule has 21 heavy (non-hydrogen) atoms. The molecular formula is C18H29N3. The zero-order valence-corrected chi connectivity index (χ0v) is 14.5. The second-order valence-corrected chi connectivity index (χ2v) is 8.01. The lowest BCUT2D eigenvalue weighted by molar-refractivity contribution is 0.223. The molecule has 3 heteroatoms. The maximum Gasteiger partial charge on any atom is 0.126 e. The Bertz CT molecular complexity index is 617. The number of para-hydroxylation sites is 2. The number of nitrogens with one attached hydrogen (secondary N) is 1. The van der Waals surface area contributed by atoms with Crippen molar-refractivity contribution in [3.63, 3.8) is 0 Å². The van der Waals surface area contributed by atoms with E-state index in [0.717, 1.165) is 17.8 Å². The molecule has 1 aromatic carbocycles. The van der Waals surface area contributed by atoms with Crippen LogP contribution in [0.3, 0.4) is 0 Å². The first-order chi connectivity index (χ1) is 9.59. The maximum absolute atomic E-state index is 4.79. The van der Waals surface area contributed by atoms with Crippen molar-refractivity contribution < 1.29 is 0 Å². The van der Waals surface area contributed by atoms with Crippen LogP contribution in [0.1, 0.15) is 59.8 Å². The molecule has 3 nitrogen and oxygen atoms in total. The number of rotatable bonds is 4. The molecule has 1 unspecified atom stereocenters. The Morgan fingerprint density at radius 2 is 1.76 bits per heavy atom. The standard InChI is InChI=1S/C18H29N3/c1-13(20-18(5,6)12-17(2,3)4)16-19-14-10-8-9-11-15(14)21(16)7/h8-11,13,20H,12H2,1-7H3. The fourth-order valence-corrected chi connectivity index (χ4v) is 3.58. The highest BCUT2D eigenvalue weighted by Crippen LogP contribution is 2.29. The molecule has 2 aromatic rings. The number of aromatic nitrogens is 2. The second-order valence-electron chi connectivity index (χ2n) is 8.01. The van der Waals surface area contributed by atoms with E-state index < -0.39 is 0 Å². The van der Waals surface area contributed by atoms with E-state index in [4.69, 9.17) is 4.98 Å². The third-order valence-corrected chi connectivity index (χ3v) is 3.79. The Morgan fingerprint density at radius 1 is 1.14 bits per heavy atom. The Kier molecular flexibility index (Phi) is 4.16. The van der Waals surface area contributed by atoms with Crippen LogP contribution < -0.4 is 5.32 Å². The van der Waals surface area contributed by atoms with Gasteiger partial charge in [0.1, 0.15) is 5.82 Å². The van der Waals surface area contributed by atoms with Gasteiger partial charge in [-0.2, -0.15) is 0 Å². The molecule has 0 aliphatic carbocycles. The molecule has 2 rings (SSSR count). The van der Waals surface area contributed by atoms with Gasteiger partial charge in [-0.3, -0.25) is 0 Å². The molecule has 1 aromatic heterocycles. The summed E-state index contributed by atoms with van der Waals surface area (Å²) >= 11 is 0. The normalized spacial score (nSPS) is 14.6. The van der Waals surface area contributed by atoms with Crippen LogP contribution >= 0.6 is 0 Å². The van der Waals surface area contributed by atoms with Crippen LogP contribution in [0.5, 0.6) is 0 Å². The predicted octanol–water partition coefficient (Wildman–Crippen LogP) is 4.44. The molecule has 116 valence electrons. The monoisotopic (exact) mass is 287 g/mol. The number of hydrogen-bond donors (Lipinski definition) is 1. The molecule has 0 saturated carbocycles. The summed E-state index contributed by atoms with van der Waals surface area (Å²) in [5.41, 5.74) is 2.64. The number of hydrogen-bond acceptors (Lipinski definition) is 2. The largest absolute Gasteiger partial charge is 0.330 e. The van der Waals surface area contributed by atoms with E-state index in [2.05, 4.69) is 76.7 Å². The summed E-state index contributed by atoms with van der Waals surface area (Å²) in [6, 6.07) is 8.53. The van der Waals surface area contributed by atoms with Crippen molar-refractivity contribution in [1.82, 2.24) is 14.9 Å². The minimum atomic E-state index is 0.0792. The van der Waals surface area contributed by atoms with Crippen LogP contribution in [-0.2, 0) is 7.05 Å². The van der Waals surface area contributed by atoms with Gasteiger partial charge in [-0.25, -0.2) is 4.98 Å². The molecule has 0 aliphatic heterocycles. The molecule has 1 atom stereocenters. The summed E-state index contributed by atoms with van der Waals surface area (Å²) in [6.45, 7) is 13.6. The quantitative estimate of drug-likeness (QED) is 0.901. The molecule has 1 heterocycles. The summed E-state index contributed by atoms with van der Waals surface area (Å²) in [5, 5.41) is 3.75. The lowest BCUT2D eigenvalue weighted by Crippen LogP contribution is -2.44. The van der Waals surface area contributed by atoms with Gasteiger partial charge in [-0.1, -0.05) is 32.9 Å². The third kappa shape index (κ3) is 3.85. The van der Waals surface area contributed by atoms with Gasteiger partial charge in [0.05, 0.1) is 17.1 Å². The molecule has 1 N–H and O–H groups in total. The molecule has 0 saturated heterocycles. The van der Waals surface area contributed by atoms with Crippen LogP contribution in [0.15, 0.2) is 24.3 Å². The lowest BCUT2D eigenvalue weighted by atomic mass is 9.81. The van der Waals surface area contributed by atoms with E-state index in [1.807, 2.05) is 6.07 Å². The molecule has 0 fully saturated rings. The summed E-state index contributed by atoms with van der Waals surface area (Å²) in [4.78, 5) is 4.79. The van der Waals surface area contributed by atoms with Crippen molar-refractivity contribution in [2.24, 2.45) is 12.5 Å². The predicted molar refractivity (Wildman–Crippen MR) is 90.4 cm³/mol. The fourth-order valence-electron chi connectivity index (χ4n) is 3.58. The summed E-state index contributed by atoms with van der Waals surface area (Å²) in [5.74, 6) is 1.10. The Balaban J connectivity index is 2.22. The van der Waals surface area contributed by atoms with E-state index in [9.17, 15) is 0 Å². The summed E-state index contributed by atoms with van der Waals surface area (Å²) in [7, 11) is 2.10. The summed E-state index contributed by atoms with van der Waals surface area (Å²) in [6.07, 6.45) is 1.12. The number of fused-ring (bicyclic) bond motifs is 1. The summed E-state index contributed by atoms with van der Waals surface area (Å²) < 4.78 is 2.19. The highest BCUT2D eigenvalue weighted by Gasteiger charge is 2.28. The van der Waals surface area contributed by atoms with Crippen molar-refractivity contribution in [1.29, 1.82) is 0 Å². The molecule has 0 aliphatic rings. The average molecular weight is 287 g/mol. The lowest BCUT2D eigenvalue weighted by Gasteiger charge is -2.35. The van der Waals surface area contributed by atoms with E-state index in [-0.39, 0.29) is 11.6 Å². The Labute approximate surface area is 128 Å².